The Labute approximate surface area is 129 Å². The summed E-state index contributed by atoms with van der Waals surface area (Å²) in [5, 5.41) is 2.96. The Morgan fingerprint density at radius 2 is 1.86 bits per heavy atom. The van der Waals surface area contributed by atoms with Crippen molar-refractivity contribution in [2.75, 3.05) is 6.79 Å². The Balaban J connectivity index is 1.44. The van der Waals surface area contributed by atoms with Crippen molar-refractivity contribution in [1.29, 1.82) is 0 Å². The lowest BCUT2D eigenvalue weighted by molar-refractivity contribution is 0.0950. The third-order valence-electron chi connectivity index (χ3n) is 4.25. The number of hydrogen-bond acceptors (Lipinski definition) is 3. The van der Waals surface area contributed by atoms with E-state index in [4.69, 9.17) is 9.47 Å². The van der Waals surface area contributed by atoms with Crippen LogP contribution in [-0.4, -0.2) is 12.7 Å². The number of rotatable bonds is 3. The van der Waals surface area contributed by atoms with Crippen molar-refractivity contribution >= 4 is 5.91 Å². The summed E-state index contributed by atoms with van der Waals surface area (Å²) in [7, 11) is 0. The molecular formula is C18H17NO3. The van der Waals surface area contributed by atoms with Crippen molar-refractivity contribution in [1.82, 2.24) is 5.32 Å². The molecule has 1 amide bonds. The number of amides is 1. The van der Waals surface area contributed by atoms with Crippen LogP contribution >= 0.6 is 0 Å². The fraction of sp³-hybridized carbons (Fsp3) is 0.278. The van der Waals surface area contributed by atoms with E-state index in [2.05, 4.69) is 23.5 Å². The maximum absolute atomic E-state index is 12.2. The lowest BCUT2D eigenvalue weighted by Crippen LogP contribution is -2.22. The molecule has 0 unspecified atom stereocenters. The van der Waals surface area contributed by atoms with Gasteiger partial charge in [-0.25, -0.2) is 0 Å². The first-order valence-corrected chi connectivity index (χ1v) is 7.58. The molecule has 1 heterocycles. The van der Waals surface area contributed by atoms with Crippen LogP contribution in [0, 0.1) is 0 Å². The molecule has 0 bridgehead atoms. The molecule has 0 spiro atoms. The third kappa shape index (κ3) is 2.41. The second-order valence-electron chi connectivity index (χ2n) is 5.71. The van der Waals surface area contributed by atoms with Crippen LogP contribution in [0.1, 0.15) is 33.5 Å². The van der Waals surface area contributed by atoms with Crippen LogP contribution in [0.25, 0.3) is 0 Å². The molecule has 0 radical (unpaired) electrons. The Morgan fingerprint density at radius 1 is 1.00 bits per heavy atom. The fourth-order valence-corrected chi connectivity index (χ4v) is 3.06. The molecule has 1 N–H and O–H groups in total. The standard InChI is InChI=1S/C18H17NO3/c20-18(15-6-7-16-17(9-15)22-11-21-16)19-10-12-4-5-13-2-1-3-14(13)8-12/h4-9H,1-3,10-11H2,(H,19,20). The number of carbonyl (C=O) groups is 1. The van der Waals surface area contributed by atoms with Crippen molar-refractivity contribution in [2.24, 2.45) is 0 Å². The first kappa shape index (κ1) is 13.2. The van der Waals surface area contributed by atoms with Gasteiger partial charge in [-0.2, -0.15) is 0 Å². The summed E-state index contributed by atoms with van der Waals surface area (Å²) in [4.78, 5) is 12.2. The van der Waals surface area contributed by atoms with Crippen LogP contribution in [-0.2, 0) is 19.4 Å². The average molecular weight is 295 g/mol. The molecule has 0 atom stereocenters. The summed E-state index contributed by atoms with van der Waals surface area (Å²) in [6.45, 7) is 0.760. The molecule has 0 saturated heterocycles. The first-order chi connectivity index (χ1) is 10.8. The van der Waals surface area contributed by atoms with E-state index in [0.717, 1.165) is 12.0 Å². The van der Waals surface area contributed by atoms with Crippen molar-refractivity contribution < 1.29 is 14.3 Å². The molecule has 2 aromatic rings. The van der Waals surface area contributed by atoms with E-state index in [1.54, 1.807) is 18.2 Å². The van der Waals surface area contributed by atoms with Gasteiger partial charge in [0.05, 0.1) is 0 Å². The molecule has 2 aromatic carbocycles. The monoisotopic (exact) mass is 295 g/mol. The van der Waals surface area contributed by atoms with Crippen LogP contribution < -0.4 is 14.8 Å². The van der Waals surface area contributed by atoms with Gasteiger partial charge in [-0.05, 0) is 54.2 Å². The highest BCUT2D eigenvalue weighted by Gasteiger charge is 2.16. The van der Waals surface area contributed by atoms with Gasteiger partial charge in [0, 0.05) is 12.1 Å². The molecule has 4 rings (SSSR count). The predicted molar refractivity (Wildman–Crippen MR) is 82.2 cm³/mol. The highest BCUT2D eigenvalue weighted by Crippen LogP contribution is 2.32. The van der Waals surface area contributed by atoms with Gasteiger partial charge in [-0.15, -0.1) is 0 Å². The maximum Gasteiger partial charge on any atom is 0.251 e. The second kappa shape index (κ2) is 5.37. The Bertz CT molecular complexity index is 739. The number of fused-ring (bicyclic) bond motifs is 2. The van der Waals surface area contributed by atoms with Crippen molar-refractivity contribution in [3.8, 4) is 11.5 Å². The smallest absolute Gasteiger partial charge is 0.251 e. The molecule has 22 heavy (non-hydrogen) atoms. The molecule has 112 valence electrons. The maximum atomic E-state index is 12.2. The average Bonchev–Trinajstić information content (AvgIpc) is 3.19. The van der Waals surface area contributed by atoms with Crippen LogP contribution in [0.4, 0.5) is 0 Å². The summed E-state index contributed by atoms with van der Waals surface area (Å²) in [5.74, 6) is 1.22. The normalized spacial score (nSPS) is 14.7. The number of hydrogen-bond donors (Lipinski definition) is 1. The van der Waals surface area contributed by atoms with Gasteiger partial charge in [0.25, 0.3) is 5.91 Å². The van der Waals surface area contributed by atoms with Gasteiger partial charge in [0.1, 0.15) is 0 Å². The summed E-state index contributed by atoms with van der Waals surface area (Å²) < 4.78 is 10.6. The van der Waals surface area contributed by atoms with E-state index in [-0.39, 0.29) is 12.7 Å². The molecule has 0 aromatic heterocycles. The van der Waals surface area contributed by atoms with Gasteiger partial charge in [-0.1, -0.05) is 18.2 Å². The summed E-state index contributed by atoms with van der Waals surface area (Å²) in [6, 6.07) is 11.7. The highest BCUT2D eigenvalue weighted by molar-refractivity contribution is 5.94. The number of ether oxygens (including phenoxy) is 2. The molecule has 4 heteroatoms. The van der Waals surface area contributed by atoms with Gasteiger partial charge in [0.2, 0.25) is 6.79 Å². The van der Waals surface area contributed by atoms with Crippen molar-refractivity contribution in [2.45, 2.75) is 25.8 Å². The summed E-state index contributed by atoms with van der Waals surface area (Å²) in [6.07, 6.45) is 3.57. The van der Waals surface area contributed by atoms with Crippen LogP contribution in [0.5, 0.6) is 11.5 Å². The Morgan fingerprint density at radius 3 is 2.82 bits per heavy atom. The van der Waals surface area contributed by atoms with Crippen LogP contribution in [0.2, 0.25) is 0 Å². The van der Waals surface area contributed by atoms with E-state index in [9.17, 15) is 4.79 Å². The molecule has 0 saturated carbocycles. The largest absolute Gasteiger partial charge is 0.454 e. The SMILES string of the molecule is O=C(NCc1ccc2c(c1)CCC2)c1ccc2c(c1)OCO2. The number of carbonyl (C=O) groups excluding carboxylic acids is 1. The summed E-state index contributed by atoms with van der Waals surface area (Å²) >= 11 is 0. The van der Waals surface area contributed by atoms with Gasteiger partial charge in [-0.3, -0.25) is 4.79 Å². The topological polar surface area (TPSA) is 47.6 Å². The quantitative estimate of drug-likeness (QED) is 0.947. The number of aryl methyl sites for hydroxylation is 2. The van der Waals surface area contributed by atoms with E-state index in [0.29, 0.717) is 23.6 Å². The fourth-order valence-electron chi connectivity index (χ4n) is 3.06. The van der Waals surface area contributed by atoms with Crippen LogP contribution in [0.15, 0.2) is 36.4 Å². The zero-order chi connectivity index (χ0) is 14.9. The van der Waals surface area contributed by atoms with Crippen molar-refractivity contribution in [3.63, 3.8) is 0 Å². The highest BCUT2D eigenvalue weighted by atomic mass is 16.7. The summed E-state index contributed by atoms with van der Waals surface area (Å²) in [5.41, 5.74) is 4.61. The molecule has 4 nitrogen and oxygen atoms in total. The lowest BCUT2D eigenvalue weighted by atomic mass is 10.1. The van der Waals surface area contributed by atoms with E-state index in [1.807, 2.05) is 0 Å². The molecular weight excluding hydrogens is 278 g/mol. The van der Waals surface area contributed by atoms with E-state index >= 15 is 0 Å². The second-order valence-corrected chi connectivity index (χ2v) is 5.71. The zero-order valence-electron chi connectivity index (χ0n) is 12.2. The van der Waals surface area contributed by atoms with E-state index in [1.165, 1.54) is 24.0 Å². The minimum Gasteiger partial charge on any atom is -0.454 e. The first-order valence-electron chi connectivity index (χ1n) is 7.58. The van der Waals surface area contributed by atoms with Crippen LogP contribution in [0.3, 0.4) is 0 Å². The minimum atomic E-state index is -0.0983. The van der Waals surface area contributed by atoms with Crippen molar-refractivity contribution in [3.05, 3.63) is 58.7 Å². The Hall–Kier alpha value is -2.49. The Kier molecular flexibility index (Phi) is 3.22. The molecule has 2 aliphatic rings. The zero-order valence-corrected chi connectivity index (χ0v) is 12.2. The molecule has 1 aliphatic heterocycles. The van der Waals surface area contributed by atoms with Gasteiger partial charge < -0.3 is 14.8 Å². The third-order valence-corrected chi connectivity index (χ3v) is 4.25. The molecule has 1 aliphatic carbocycles. The lowest BCUT2D eigenvalue weighted by Gasteiger charge is -2.08. The minimum absolute atomic E-state index is 0.0983. The number of benzene rings is 2. The molecule has 0 fully saturated rings. The number of nitrogens with one attached hydrogen (secondary N) is 1. The predicted octanol–water partition coefficient (Wildman–Crippen LogP) is 2.83. The van der Waals surface area contributed by atoms with Gasteiger partial charge >= 0.3 is 0 Å². The van der Waals surface area contributed by atoms with Gasteiger partial charge in [0.15, 0.2) is 11.5 Å². The van der Waals surface area contributed by atoms with E-state index < -0.39 is 0 Å².